The molecule has 1 atom stereocenters. The van der Waals surface area contributed by atoms with Crippen LogP contribution in [0.15, 0.2) is 0 Å². The lowest BCUT2D eigenvalue weighted by Crippen LogP contribution is -2.32. The van der Waals surface area contributed by atoms with Gasteiger partial charge in [0.2, 0.25) is 0 Å². The van der Waals surface area contributed by atoms with Gasteiger partial charge in [0.25, 0.3) is 0 Å². The van der Waals surface area contributed by atoms with Crippen LogP contribution >= 0.6 is 0 Å². The van der Waals surface area contributed by atoms with Gasteiger partial charge in [0.1, 0.15) is 0 Å². The number of alkyl halides is 3. The van der Waals surface area contributed by atoms with E-state index in [4.69, 9.17) is 0 Å². The van der Waals surface area contributed by atoms with Crippen molar-refractivity contribution in [3.05, 3.63) is 0 Å². The molecule has 0 aromatic heterocycles. The van der Waals surface area contributed by atoms with Gasteiger partial charge in [-0.15, -0.1) is 0 Å². The molecule has 0 saturated carbocycles. The molecule has 0 aromatic rings. The molecule has 0 bridgehead atoms. The van der Waals surface area contributed by atoms with E-state index in [1.165, 1.54) is 0 Å². The Balaban J connectivity index is 4.70. The van der Waals surface area contributed by atoms with Crippen LogP contribution in [0.3, 0.4) is 0 Å². The molecule has 0 amide bonds. The molecular weight excluding hydrogens is 189 g/mol. The largest absolute Gasteiger partial charge is 0.463 e. The Morgan fingerprint density at radius 3 is 1.67 bits per heavy atom. The highest BCUT2D eigenvalue weighted by atomic mass is 32.2. The Morgan fingerprint density at radius 2 is 1.58 bits per heavy atom. The molecule has 1 unspecified atom stereocenters. The highest BCUT2D eigenvalue weighted by Gasteiger charge is 2.41. The fourth-order valence-corrected chi connectivity index (χ4v) is 2.34. The maximum atomic E-state index is 12.0. The zero-order chi connectivity index (χ0) is 10.2. The third kappa shape index (κ3) is 3.47. The first-order valence-corrected chi connectivity index (χ1v) is 5.26. The number of halogens is 3. The molecule has 0 rings (SSSR count). The van der Waals surface area contributed by atoms with Crippen LogP contribution in [0.4, 0.5) is 13.2 Å². The third-order valence-corrected chi connectivity index (χ3v) is 3.26. The molecule has 0 radical (unpaired) electrons. The summed E-state index contributed by atoms with van der Waals surface area (Å²) < 4.78 is 47.1. The predicted molar refractivity (Wildman–Crippen MR) is 45.6 cm³/mol. The first kappa shape index (κ1) is 11.8. The molecule has 0 aliphatic heterocycles. The van der Waals surface area contributed by atoms with E-state index in [2.05, 4.69) is 5.87 Å². The van der Waals surface area contributed by atoms with Crippen molar-refractivity contribution < 1.29 is 17.4 Å². The fraction of sp³-hybridized carbons (Fsp3) is 0.857. The topological polar surface area (TPSA) is 17.1 Å². The molecule has 74 valence electrons. The van der Waals surface area contributed by atoms with E-state index >= 15 is 0 Å². The summed E-state index contributed by atoms with van der Waals surface area (Å²) in [5, 5.41) is 0. The van der Waals surface area contributed by atoms with Gasteiger partial charge in [-0.3, -0.25) is 4.21 Å². The lowest BCUT2D eigenvalue weighted by molar-refractivity contribution is -0.0397. The van der Waals surface area contributed by atoms with Gasteiger partial charge >= 0.3 is 5.51 Å². The Bertz CT molecular complexity index is 243. The van der Waals surface area contributed by atoms with E-state index in [0.29, 0.717) is 0 Å². The van der Waals surface area contributed by atoms with Gasteiger partial charge in [-0.05, 0) is 11.3 Å². The highest BCUT2D eigenvalue weighted by Crippen LogP contribution is 2.29. The van der Waals surface area contributed by atoms with E-state index in [1.54, 1.807) is 20.8 Å². The van der Waals surface area contributed by atoms with Crippen LogP contribution in [-0.4, -0.2) is 21.3 Å². The van der Waals surface area contributed by atoms with Crippen LogP contribution in [0.2, 0.25) is 0 Å². The Kier molecular flexibility index (Phi) is 2.89. The number of rotatable bonds is 1. The summed E-state index contributed by atoms with van der Waals surface area (Å²) in [5.74, 6) is 2.30. The monoisotopic (exact) mass is 202 g/mol. The summed E-state index contributed by atoms with van der Waals surface area (Å²) in [4.78, 5) is 0. The van der Waals surface area contributed by atoms with Crippen LogP contribution in [0.25, 0.3) is 0 Å². The van der Waals surface area contributed by atoms with Crippen molar-refractivity contribution in [3.63, 3.8) is 0 Å². The Morgan fingerprint density at radius 1 is 1.25 bits per heavy atom. The molecule has 0 fully saturated rings. The average molecular weight is 202 g/mol. The molecule has 0 aromatic carbocycles. The number of hydrogen-bond donors (Lipinski definition) is 0. The maximum absolute atomic E-state index is 12.0. The van der Waals surface area contributed by atoms with Crippen LogP contribution in [-0.2, 0) is 9.52 Å². The number of hydrogen-bond acceptors (Lipinski definition) is 1. The fourth-order valence-electron chi connectivity index (χ4n) is 0.781. The summed E-state index contributed by atoms with van der Waals surface area (Å²) in [6.45, 7) is 4.80. The van der Waals surface area contributed by atoms with Gasteiger partial charge in [-0.2, -0.15) is 13.2 Å². The maximum Gasteiger partial charge on any atom is 0.463 e. The molecule has 0 aliphatic rings. The molecular formula is C7H13F3OS. The van der Waals surface area contributed by atoms with Crippen molar-refractivity contribution in [2.24, 2.45) is 5.41 Å². The second-order valence-electron chi connectivity index (χ2n) is 3.96. The van der Waals surface area contributed by atoms with Crippen molar-refractivity contribution in [3.8, 4) is 0 Å². The molecule has 0 heterocycles. The van der Waals surface area contributed by atoms with E-state index in [1.807, 2.05) is 0 Å². The van der Waals surface area contributed by atoms with Crippen molar-refractivity contribution in [2.75, 3.05) is 5.75 Å². The zero-order valence-corrected chi connectivity index (χ0v) is 8.18. The second kappa shape index (κ2) is 2.94. The van der Waals surface area contributed by atoms with E-state index in [0.717, 1.165) is 0 Å². The normalized spacial score (nSPS) is 18.8. The van der Waals surface area contributed by atoms with Gasteiger partial charge in [0.05, 0.1) is 9.52 Å². The third-order valence-electron chi connectivity index (χ3n) is 1.09. The quantitative estimate of drug-likeness (QED) is 0.596. The van der Waals surface area contributed by atoms with Crippen molar-refractivity contribution in [1.29, 1.82) is 0 Å². The molecule has 0 N–H and O–H groups in total. The molecule has 5 heteroatoms. The van der Waals surface area contributed by atoms with Gasteiger partial charge in [-0.1, -0.05) is 20.8 Å². The highest BCUT2D eigenvalue weighted by molar-refractivity contribution is 8.01. The molecule has 0 aliphatic carbocycles. The average Bonchev–Trinajstić information content (AvgIpc) is 1.52. The summed E-state index contributed by atoms with van der Waals surface area (Å²) in [5.41, 5.74) is -5.30. The first-order valence-electron chi connectivity index (χ1n) is 3.37. The minimum atomic E-state index is -4.68. The predicted octanol–water partition coefficient (Wildman–Crippen LogP) is 2.27. The minimum absolute atomic E-state index is 0.427. The van der Waals surface area contributed by atoms with E-state index < -0.39 is 26.2 Å². The Labute approximate surface area is 71.0 Å². The lowest BCUT2D eigenvalue weighted by Gasteiger charge is -2.22. The van der Waals surface area contributed by atoms with Crippen LogP contribution in [0.5, 0.6) is 0 Å². The van der Waals surface area contributed by atoms with Crippen molar-refractivity contribution >= 4 is 15.4 Å². The molecule has 1 nitrogen and oxygen atoms in total. The summed E-state index contributed by atoms with van der Waals surface area (Å²) in [6.07, 6.45) is 0. The van der Waals surface area contributed by atoms with Gasteiger partial charge < -0.3 is 0 Å². The molecule has 0 saturated heterocycles. The Hall–Kier alpha value is -0.190. The lowest BCUT2D eigenvalue weighted by atomic mass is 10.0. The van der Waals surface area contributed by atoms with Gasteiger partial charge in [0, 0.05) is 5.75 Å². The summed E-state index contributed by atoms with van der Waals surface area (Å²) >= 11 is 0. The standard InChI is InChI=1S/C7H13F3OS/c1-6(2,3)5-12(4,11)7(8,9)10/h4-5H2,1-3H3. The summed E-state index contributed by atoms with van der Waals surface area (Å²) in [6, 6.07) is 0. The smallest absolute Gasteiger partial charge is 0.259 e. The second-order valence-corrected chi connectivity index (χ2v) is 6.34. The van der Waals surface area contributed by atoms with Crippen molar-refractivity contribution in [1.82, 2.24) is 0 Å². The zero-order valence-electron chi connectivity index (χ0n) is 7.36. The van der Waals surface area contributed by atoms with Crippen molar-refractivity contribution in [2.45, 2.75) is 26.3 Å². The minimum Gasteiger partial charge on any atom is -0.259 e. The summed E-state index contributed by atoms with van der Waals surface area (Å²) in [7, 11) is -3.96. The molecule has 0 spiro atoms. The van der Waals surface area contributed by atoms with E-state index in [-0.39, 0.29) is 0 Å². The van der Waals surface area contributed by atoms with Gasteiger partial charge in [0.15, 0.2) is 0 Å². The van der Waals surface area contributed by atoms with Crippen LogP contribution < -0.4 is 0 Å². The first-order chi connectivity index (χ1) is 4.96. The van der Waals surface area contributed by atoms with Crippen LogP contribution in [0.1, 0.15) is 20.8 Å². The van der Waals surface area contributed by atoms with Crippen LogP contribution in [0, 0.1) is 5.41 Å². The van der Waals surface area contributed by atoms with E-state index in [9.17, 15) is 17.4 Å². The molecule has 12 heavy (non-hydrogen) atoms. The SMILES string of the molecule is C=S(=O)(CC(C)(C)C)C(F)(F)F. The van der Waals surface area contributed by atoms with Gasteiger partial charge in [-0.25, -0.2) is 0 Å².